The summed E-state index contributed by atoms with van der Waals surface area (Å²) in [4.78, 5) is 14.1. The summed E-state index contributed by atoms with van der Waals surface area (Å²) in [5, 5.41) is 3.16. The van der Waals surface area contributed by atoms with E-state index >= 15 is 0 Å². The van der Waals surface area contributed by atoms with Crippen molar-refractivity contribution >= 4 is 11.6 Å². The van der Waals surface area contributed by atoms with Crippen LogP contribution in [-0.2, 0) is 9.53 Å². The number of benzene rings is 1. The highest BCUT2D eigenvalue weighted by molar-refractivity contribution is 5.94. The molecule has 19 heavy (non-hydrogen) atoms. The number of hydrogen-bond acceptors (Lipinski definition) is 3. The van der Waals surface area contributed by atoms with Crippen LogP contribution in [0.4, 0.5) is 5.69 Å². The van der Waals surface area contributed by atoms with Gasteiger partial charge in [0.05, 0.1) is 5.60 Å². The maximum atomic E-state index is 12.3. The molecule has 0 unspecified atom stereocenters. The summed E-state index contributed by atoms with van der Waals surface area (Å²) in [5.74, 6) is 0.0184. The van der Waals surface area contributed by atoms with Gasteiger partial charge < -0.3 is 15.0 Å². The molecule has 1 amide bonds. The van der Waals surface area contributed by atoms with E-state index in [2.05, 4.69) is 5.32 Å². The second-order valence-corrected chi connectivity index (χ2v) is 5.27. The van der Waals surface area contributed by atoms with E-state index in [1.54, 1.807) is 4.90 Å². The van der Waals surface area contributed by atoms with Gasteiger partial charge in [0.25, 0.3) is 5.91 Å². The Kier molecular flexibility index (Phi) is 4.22. The standard InChI is InChI=1S/C15H22N2O2/c1-4-17(13-8-6-5-7-12(13)2)14(18)9-19-15(3)10-16-11-15/h5-8,16H,4,9-11H2,1-3H3. The molecule has 1 fully saturated rings. The van der Waals surface area contributed by atoms with Crippen LogP contribution in [0.2, 0.25) is 0 Å². The van der Waals surface area contributed by atoms with Crippen LogP contribution >= 0.6 is 0 Å². The van der Waals surface area contributed by atoms with Gasteiger partial charge in [0, 0.05) is 25.3 Å². The second kappa shape index (κ2) is 5.72. The number of amides is 1. The summed E-state index contributed by atoms with van der Waals surface area (Å²) < 4.78 is 5.72. The zero-order chi connectivity index (χ0) is 13.9. The largest absolute Gasteiger partial charge is 0.363 e. The first-order chi connectivity index (χ1) is 9.06. The molecule has 1 aliphatic rings. The summed E-state index contributed by atoms with van der Waals surface area (Å²) >= 11 is 0. The van der Waals surface area contributed by atoms with Crippen molar-refractivity contribution in [3.05, 3.63) is 29.8 Å². The van der Waals surface area contributed by atoms with E-state index < -0.39 is 0 Å². The number of carbonyl (C=O) groups excluding carboxylic acids is 1. The van der Waals surface area contributed by atoms with Crippen molar-refractivity contribution in [2.24, 2.45) is 0 Å². The molecule has 1 heterocycles. The van der Waals surface area contributed by atoms with Crippen LogP contribution in [0.5, 0.6) is 0 Å². The number of nitrogens with zero attached hydrogens (tertiary/aromatic N) is 1. The molecule has 0 atom stereocenters. The molecule has 4 heteroatoms. The molecule has 0 radical (unpaired) electrons. The van der Waals surface area contributed by atoms with Crippen molar-refractivity contribution in [1.82, 2.24) is 5.32 Å². The van der Waals surface area contributed by atoms with E-state index in [1.165, 1.54) is 0 Å². The molecule has 0 aromatic heterocycles. The maximum absolute atomic E-state index is 12.3. The lowest BCUT2D eigenvalue weighted by atomic mass is 10.0. The minimum absolute atomic E-state index is 0.0184. The molecular formula is C15H22N2O2. The molecule has 1 aliphatic heterocycles. The molecule has 1 aromatic carbocycles. The van der Waals surface area contributed by atoms with E-state index in [4.69, 9.17) is 4.74 Å². The van der Waals surface area contributed by atoms with Crippen molar-refractivity contribution in [2.45, 2.75) is 26.4 Å². The lowest BCUT2D eigenvalue weighted by molar-refractivity contribution is -0.133. The lowest BCUT2D eigenvalue weighted by Gasteiger charge is -2.39. The summed E-state index contributed by atoms with van der Waals surface area (Å²) in [6.45, 7) is 8.46. The Balaban J connectivity index is 2.01. The average molecular weight is 262 g/mol. The number of rotatable bonds is 5. The maximum Gasteiger partial charge on any atom is 0.253 e. The molecule has 0 saturated carbocycles. The predicted octanol–water partition coefficient (Wildman–Crippen LogP) is 1.73. The topological polar surface area (TPSA) is 41.6 Å². The first kappa shape index (κ1) is 14.0. The first-order valence-electron chi connectivity index (χ1n) is 6.76. The van der Waals surface area contributed by atoms with Crippen molar-refractivity contribution in [3.63, 3.8) is 0 Å². The van der Waals surface area contributed by atoms with Gasteiger partial charge in [-0.2, -0.15) is 0 Å². The van der Waals surface area contributed by atoms with E-state index in [0.717, 1.165) is 24.3 Å². The number of carbonyl (C=O) groups is 1. The van der Waals surface area contributed by atoms with E-state index in [1.807, 2.05) is 45.0 Å². The Hall–Kier alpha value is -1.39. The van der Waals surface area contributed by atoms with Gasteiger partial charge in [-0.15, -0.1) is 0 Å². The smallest absolute Gasteiger partial charge is 0.253 e. The summed E-state index contributed by atoms with van der Waals surface area (Å²) in [7, 11) is 0. The van der Waals surface area contributed by atoms with Gasteiger partial charge in [0.15, 0.2) is 0 Å². The highest BCUT2D eigenvalue weighted by Crippen LogP contribution is 2.20. The van der Waals surface area contributed by atoms with Crippen LogP contribution in [0, 0.1) is 6.92 Å². The van der Waals surface area contributed by atoms with Crippen molar-refractivity contribution in [3.8, 4) is 0 Å². The van der Waals surface area contributed by atoms with Crippen molar-refractivity contribution in [1.29, 1.82) is 0 Å². The Morgan fingerprint density at radius 3 is 2.63 bits per heavy atom. The third-order valence-electron chi connectivity index (χ3n) is 3.57. The molecular weight excluding hydrogens is 240 g/mol. The number of anilines is 1. The number of hydrogen-bond donors (Lipinski definition) is 1. The average Bonchev–Trinajstić information content (AvgIpc) is 2.37. The van der Waals surface area contributed by atoms with Gasteiger partial charge in [0.2, 0.25) is 0 Å². The quantitative estimate of drug-likeness (QED) is 0.878. The number of likely N-dealkylation sites (N-methyl/N-ethyl adjacent to an activating group) is 1. The number of ether oxygens (including phenoxy) is 1. The van der Waals surface area contributed by atoms with Crippen LogP contribution in [0.25, 0.3) is 0 Å². The number of aryl methyl sites for hydroxylation is 1. The molecule has 0 spiro atoms. The Morgan fingerprint density at radius 2 is 2.11 bits per heavy atom. The highest BCUT2D eigenvalue weighted by Gasteiger charge is 2.33. The Bertz CT molecular complexity index is 455. The first-order valence-corrected chi connectivity index (χ1v) is 6.76. The monoisotopic (exact) mass is 262 g/mol. The third-order valence-corrected chi connectivity index (χ3v) is 3.57. The van der Waals surface area contributed by atoms with Crippen LogP contribution in [0.1, 0.15) is 19.4 Å². The SMILES string of the molecule is CCN(C(=O)COC1(C)CNC1)c1ccccc1C. The molecule has 104 valence electrons. The Labute approximate surface area is 114 Å². The minimum Gasteiger partial charge on any atom is -0.363 e. The van der Waals surface area contributed by atoms with Gasteiger partial charge in [-0.25, -0.2) is 0 Å². The van der Waals surface area contributed by atoms with Gasteiger partial charge in [-0.1, -0.05) is 18.2 Å². The fraction of sp³-hybridized carbons (Fsp3) is 0.533. The van der Waals surface area contributed by atoms with Gasteiger partial charge in [0.1, 0.15) is 6.61 Å². The highest BCUT2D eigenvalue weighted by atomic mass is 16.5. The zero-order valence-electron chi connectivity index (χ0n) is 11.9. The van der Waals surface area contributed by atoms with Gasteiger partial charge in [-0.05, 0) is 32.4 Å². The fourth-order valence-electron chi connectivity index (χ4n) is 2.24. The van der Waals surface area contributed by atoms with Crippen LogP contribution in [0.15, 0.2) is 24.3 Å². The summed E-state index contributed by atoms with van der Waals surface area (Å²) in [6.07, 6.45) is 0. The summed E-state index contributed by atoms with van der Waals surface area (Å²) in [5.41, 5.74) is 1.89. The zero-order valence-corrected chi connectivity index (χ0v) is 11.9. The normalized spacial score (nSPS) is 16.8. The molecule has 4 nitrogen and oxygen atoms in total. The van der Waals surface area contributed by atoms with Crippen LogP contribution in [-0.4, -0.2) is 37.7 Å². The number of para-hydroxylation sites is 1. The minimum atomic E-state index is -0.180. The van der Waals surface area contributed by atoms with E-state index in [-0.39, 0.29) is 18.1 Å². The molecule has 1 saturated heterocycles. The Morgan fingerprint density at radius 1 is 1.42 bits per heavy atom. The second-order valence-electron chi connectivity index (χ2n) is 5.27. The van der Waals surface area contributed by atoms with Gasteiger partial charge in [-0.3, -0.25) is 4.79 Å². The molecule has 1 aromatic rings. The van der Waals surface area contributed by atoms with Crippen molar-refractivity contribution < 1.29 is 9.53 Å². The molecule has 2 rings (SSSR count). The van der Waals surface area contributed by atoms with Gasteiger partial charge >= 0.3 is 0 Å². The van der Waals surface area contributed by atoms with Crippen molar-refractivity contribution in [2.75, 3.05) is 31.1 Å². The predicted molar refractivity (Wildman–Crippen MR) is 76.4 cm³/mol. The van der Waals surface area contributed by atoms with Crippen LogP contribution < -0.4 is 10.2 Å². The van der Waals surface area contributed by atoms with Crippen LogP contribution in [0.3, 0.4) is 0 Å². The number of nitrogens with one attached hydrogen (secondary N) is 1. The molecule has 0 aliphatic carbocycles. The fourth-order valence-corrected chi connectivity index (χ4v) is 2.24. The van der Waals surface area contributed by atoms with E-state index in [0.29, 0.717) is 6.54 Å². The molecule has 1 N–H and O–H groups in total. The van der Waals surface area contributed by atoms with E-state index in [9.17, 15) is 4.79 Å². The summed E-state index contributed by atoms with van der Waals surface area (Å²) in [6, 6.07) is 7.93. The molecule has 0 bridgehead atoms. The lowest BCUT2D eigenvalue weighted by Crippen LogP contribution is -2.59. The third kappa shape index (κ3) is 3.14.